The number of rotatable bonds is 7. The Labute approximate surface area is 171 Å². The van der Waals surface area contributed by atoms with E-state index < -0.39 is 24.4 Å². The van der Waals surface area contributed by atoms with Gasteiger partial charge in [-0.15, -0.1) is 11.3 Å². The minimum absolute atomic E-state index is 0.268. The van der Waals surface area contributed by atoms with E-state index in [4.69, 9.17) is 9.47 Å². The number of nitrogens with zero attached hydrogens (tertiary/aromatic N) is 1. The number of amides is 2. The highest BCUT2D eigenvalue weighted by molar-refractivity contribution is 7.09. The molecule has 0 saturated heterocycles. The highest BCUT2D eigenvalue weighted by Crippen LogP contribution is 2.16. The summed E-state index contributed by atoms with van der Waals surface area (Å²) in [4.78, 5) is 40.1. The molecule has 3 aromatic rings. The molecule has 7 nitrogen and oxygen atoms in total. The number of thiazole rings is 1. The normalized spacial score (nSPS) is 10.2. The van der Waals surface area contributed by atoms with Gasteiger partial charge in [-0.1, -0.05) is 18.2 Å². The maximum Gasteiger partial charge on any atom is 0.338 e. The second-order valence-electron chi connectivity index (χ2n) is 5.99. The van der Waals surface area contributed by atoms with Crippen molar-refractivity contribution in [3.05, 3.63) is 81.8 Å². The Balaban J connectivity index is 1.45. The number of nitrogens with one attached hydrogen (secondary N) is 1. The van der Waals surface area contributed by atoms with Crippen molar-refractivity contribution in [1.82, 2.24) is 10.3 Å². The molecule has 8 heteroatoms. The Bertz CT molecular complexity index is 999. The second-order valence-corrected chi connectivity index (χ2v) is 7.05. The third-order valence-electron chi connectivity index (χ3n) is 3.77. The molecule has 0 atom stereocenters. The van der Waals surface area contributed by atoms with Crippen molar-refractivity contribution in [1.29, 1.82) is 0 Å². The Morgan fingerprint density at radius 2 is 1.72 bits per heavy atom. The minimum Gasteiger partial charge on any atom is -0.487 e. The number of carbonyl (C=O) groups is 3. The summed E-state index contributed by atoms with van der Waals surface area (Å²) in [6.45, 7) is 1.70. The largest absolute Gasteiger partial charge is 0.487 e. The van der Waals surface area contributed by atoms with Crippen LogP contribution in [0.25, 0.3) is 0 Å². The number of hydrogen-bond donors (Lipinski definition) is 1. The number of benzene rings is 2. The van der Waals surface area contributed by atoms with E-state index in [9.17, 15) is 14.4 Å². The molecule has 2 aromatic carbocycles. The van der Waals surface area contributed by atoms with E-state index >= 15 is 0 Å². The lowest BCUT2D eigenvalue weighted by Gasteiger charge is -2.07. The van der Waals surface area contributed by atoms with Gasteiger partial charge in [0.1, 0.15) is 12.4 Å². The molecule has 3 rings (SSSR count). The molecule has 1 N–H and O–H groups in total. The minimum atomic E-state index is -0.703. The summed E-state index contributed by atoms with van der Waals surface area (Å²) in [5.74, 6) is -1.35. The summed E-state index contributed by atoms with van der Waals surface area (Å²) in [6, 6.07) is 14.6. The summed E-state index contributed by atoms with van der Waals surface area (Å²) < 4.78 is 10.6. The molecule has 0 aliphatic heterocycles. The Morgan fingerprint density at radius 1 is 1.00 bits per heavy atom. The van der Waals surface area contributed by atoms with Gasteiger partial charge in [0.2, 0.25) is 0 Å². The Kier molecular flexibility index (Phi) is 6.70. The fourth-order valence-corrected chi connectivity index (χ4v) is 2.96. The summed E-state index contributed by atoms with van der Waals surface area (Å²) in [5, 5.41) is 5.06. The van der Waals surface area contributed by atoms with Crippen molar-refractivity contribution < 1.29 is 23.9 Å². The van der Waals surface area contributed by atoms with Crippen molar-refractivity contribution in [2.24, 2.45) is 0 Å². The quantitative estimate of drug-likeness (QED) is 0.602. The van der Waals surface area contributed by atoms with Gasteiger partial charge in [0.15, 0.2) is 6.61 Å². The van der Waals surface area contributed by atoms with Gasteiger partial charge in [0.05, 0.1) is 16.3 Å². The molecule has 0 fully saturated rings. The molecular formula is C21H18N2O5S. The molecule has 0 unspecified atom stereocenters. The predicted octanol–water partition coefficient (Wildman–Crippen LogP) is 3.14. The zero-order valence-corrected chi connectivity index (χ0v) is 16.4. The van der Waals surface area contributed by atoms with Gasteiger partial charge >= 0.3 is 5.97 Å². The smallest absolute Gasteiger partial charge is 0.338 e. The third-order valence-corrected chi connectivity index (χ3v) is 4.59. The number of ether oxygens (including phenoxy) is 2. The average molecular weight is 410 g/mol. The molecule has 0 radical (unpaired) electrons. The highest BCUT2D eigenvalue weighted by Gasteiger charge is 2.13. The predicted molar refractivity (Wildman–Crippen MR) is 107 cm³/mol. The van der Waals surface area contributed by atoms with E-state index in [2.05, 4.69) is 10.3 Å². The Morgan fingerprint density at radius 3 is 2.38 bits per heavy atom. The van der Waals surface area contributed by atoms with Gasteiger partial charge in [-0.05, 0) is 43.3 Å². The standard InChI is InChI=1S/C21H18N2O5S/c1-14-22-17(13-29-14)11-27-18-9-7-16(8-10-18)21(26)28-12-19(24)23-20(25)15-5-3-2-4-6-15/h2-10,13H,11-12H2,1H3,(H,23,24,25). The Hall–Kier alpha value is -3.52. The fraction of sp³-hybridized carbons (Fsp3) is 0.143. The maximum absolute atomic E-state index is 12.1. The van der Waals surface area contributed by atoms with Crippen LogP contribution in [0.1, 0.15) is 31.4 Å². The lowest BCUT2D eigenvalue weighted by atomic mass is 10.2. The van der Waals surface area contributed by atoms with Crippen LogP contribution in [0.3, 0.4) is 0 Å². The first-order chi connectivity index (χ1) is 14.0. The van der Waals surface area contributed by atoms with Gasteiger partial charge in [-0.3, -0.25) is 14.9 Å². The van der Waals surface area contributed by atoms with E-state index in [-0.39, 0.29) is 5.56 Å². The number of aromatic nitrogens is 1. The number of esters is 1. The van der Waals surface area contributed by atoms with Crippen LogP contribution in [0.5, 0.6) is 5.75 Å². The van der Waals surface area contributed by atoms with Crippen LogP contribution in [0, 0.1) is 6.92 Å². The van der Waals surface area contributed by atoms with Crippen LogP contribution in [0.4, 0.5) is 0 Å². The first kappa shape index (κ1) is 20.2. The van der Waals surface area contributed by atoms with E-state index in [1.807, 2.05) is 12.3 Å². The van der Waals surface area contributed by atoms with E-state index in [0.29, 0.717) is 17.9 Å². The van der Waals surface area contributed by atoms with Gasteiger partial charge in [-0.25, -0.2) is 9.78 Å². The molecule has 1 aromatic heterocycles. The topological polar surface area (TPSA) is 94.6 Å². The molecule has 0 spiro atoms. The van der Waals surface area contributed by atoms with Crippen molar-refractivity contribution in [2.45, 2.75) is 13.5 Å². The summed E-state index contributed by atoms with van der Waals surface area (Å²) in [5.41, 5.74) is 1.45. The molecule has 1 heterocycles. The molecule has 0 saturated carbocycles. The van der Waals surface area contributed by atoms with E-state index in [1.54, 1.807) is 53.8 Å². The average Bonchev–Trinajstić information content (AvgIpc) is 3.16. The van der Waals surface area contributed by atoms with Crippen molar-refractivity contribution in [3.63, 3.8) is 0 Å². The molecule has 0 bridgehead atoms. The fourth-order valence-electron chi connectivity index (χ4n) is 2.36. The molecule has 148 valence electrons. The van der Waals surface area contributed by atoms with Crippen LogP contribution >= 0.6 is 11.3 Å². The first-order valence-electron chi connectivity index (χ1n) is 8.71. The summed E-state index contributed by atoms with van der Waals surface area (Å²) in [6.07, 6.45) is 0. The molecular weight excluding hydrogens is 392 g/mol. The maximum atomic E-state index is 12.1. The lowest BCUT2D eigenvalue weighted by Crippen LogP contribution is -2.34. The van der Waals surface area contributed by atoms with Gasteiger partial charge < -0.3 is 9.47 Å². The SMILES string of the molecule is Cc1nc(COc2ccc(C(=O)OCC(=O)NC(=O)c3ccccc3)cc2)cs1. The third kappa shape index (κ3) is 5.98. The van der Waals surface area contributed by atoms with Crippen molar-refractivity contribution in [2.75, 3.05) is 6.61 Å². The van der Waals surface area contributed by atoms with Gasteiger partial charge in [0, 0.05) is 10.9 Å². The van der Waals surface area contributed by atoms with Crippen molar-refractivity contribution in [3.8, 4) is 5.75 Å². The molecule has 29 heavy (non-hydrogen) atoms. The summed E-state index contributed by atoms with van der Waals surface area (Å²) >= 11 is 1.55. The lowest BCUT2D eigenvalue weighted by molar-refractivity contribution is -0.123. The van der Waals surface area contributed by atoms with Crippen LogP contribution in [0.2, 0.25) is 0 Å². The number of aryl methyl sites for hydroxylation is 1. The van der Waals surface area contributed by atoms with Crippen LogP contribution < -0.4 is 10.1 Å². The molecule has 0 aliphatic carbocycles. The number of imide groups is 1. The zero-order valence-electron chi connectivity index (χ0n) is 15.6. The van der Waals surface area contributed by atoms with Crippen LogP contribution in [-0.4, -0.2) is 29.4 Å². The molecule has 0 aliphatic rings. The van der Waals surface area contributed by atoms with Gasteiger partial charge in [0.25, 0.3) is 11.8 Å². The van der Waals surface area contributed by atoms with Crippen LogP contribution in [-0.2, 0) is 16.1 Å². The zero-order chi connectivity index (χ0) is 20.6. The van der Waals surface area contributed by atoms with Crippen LogP contribution in [0.15, 0.2) is 60.0 Å². The van der Waals surface area contributed by atoms with E-state index in [0.717, 1.165) is 10.7 Å². The first-order valence-corrected chi connectivity index (χ1v) is 9.59. The molecule has 2 amide bonds. The van der Waals surface area contributed by atoms with E-state index in [1.165, 1.54) is 12.1 Å². The van der Waals surface area contributed by atoms with Gasteiger partial charge in [-0.2, -0.15) is 0 Å². The number of hydrogen-bond acceptors (Lipinski definition) is 7. The monoisotopic (exact) mass is 410 g/mol. The highest BCUT2D eigenvalue weighted by atomic mass is 32.1. The summed E-state index contributed by atoms with van der Waals surface area (Å²) in [7, 11) is 0. The second kappa shape index (κ2) is 9.61. The number of carbonyl (C=O) groups excluding carboxylic acids is 3. The van der Waals surface area contributed by atoms with Crippen molar-refractivity contribution >= 4 is 29.1 Å².